The molecule has 2 aromatic rings. The zero-order valence-electron chi connectivity index (χ0n) is 11.5. The zero-order valence-corrected chi connectivity index (χ0v) is 13.1. The minimum Gasteiger partial charge on any atom is -0.490 e. The number of aromatic nitrogens is 1. The van der Waals surface area contributed by atoms with Gasteiger partial charge in [0.15, 0.2) is 11.5 Å². The van der Waals surface area contributed by atoms with Gasteiger partial charge in [-0.3, -0.25) is 0 Å². The van der Waals surface area contributed by atoms with Gasteiger partial charge < -0.3 is 14.8 Å². The molecule has 5 heteroatoms. The molecular weight excluding hydrogens is 320 g/mol. The van der Waals surface area contributed by atoms with E-state index in [4.69, 9.17) is 9.47 Å². The summed E-state index contributed by atoms with van der Waals surface area (Å²) in [6.45, 7) is 5.10. The van der Waals surface area contributed by atoms with Gasteiger partial charge in [0.2, 0.25) is 0 Å². The van der Waals surface area contributed by atoms with Crippen LogP contribution in [0.15, 0.2) is 41.0 Å². The van der Waals surface area contributed by atoms with Crippen LogP contribution in [0.2, 0.25) is 0 Å². The molecule has 0 atom stereocenters. The topological polar surface area (TPSA) is 43.4 Å². The molecule has 0 amide bonds. The summed E-state index contributed by atoms with van der Waals surface area (Å²) in [5.74, 6) is 2.24. The minimum absolute atomic E-state index is 0.594. The molecule has 0 aliphatic heterocycles. The lowest BCUT2D eigenvalue weighted by Crippen LogP contribution is -2.00. The molecular formula is C15H17BrN2O2. The molecule has 0 radical (unpaired) electrons. The largest absolute Gasteiger partial charge is 0.490 e. The van der Waals surface area contributed by atoms with E-state index in [1.54, 1.807) is 6.20 Å². The summed E-state index contributed by atoms with van der Waals surface area (Å²) in [5.41, 5.74) is 0.899. The Morgan fingerprint density at radius 3 is 2.55 bits per heavy atom. The molecule has 0 bridgehead atoms. The Kier molecular flexibility index (Phi) is 5.24. The van der Waals surface area contributed by atoms with Crippen LogP contribution < -0.4 is 14.8 Å². The van der Waals surface area contributed by atoms with E-state index in [-0.39, 0.29) is 0 Å². The maximum atomic E-state index is 5.60. The second kappa shape index (κ2) is 7.14. The Hall–Kier alpha value is -1.75. The number of hydrogen-bond acceptors (Lipinski definition) is 4. The molecule has 20 heavy (non-hydrogen) atoms. The third-order valence-electron chi connectivity index (χ3n) is 2.56. The highest BCUT2D eigenvalue weighted by Crippen LogP contribution is 2.32. The first-order valence-corrected chi connectivity index (χ1v) is 7.31. The van der Waals surface area contributed by atoms with Gasteiger partial charge in [0, 0.05) is 18.0 Å². The van der Waals surface area contributed by atoms with E-state index in [0.29, 0.717) is 13.2 Å². The number of rotatable bonds is 6. The molecule has 1 heterocycles. The molecule has 0 unspecified atom stereocenters. The van der Waals surface area contributed by atoms with E-state index in [2.05, 4.69) is 26.2 Å². The average Bonchev–Trinajstić information content (AvgIpc) is 2.45. The first-order chi connectivity index (χ1) is 9.74. The molecule has 106 valence electrons. The lowest BCUT2D eigenvalue weighted by molar-refractivity contribution is 0.288. The molecule has 2 rings (SSSR count). The maximum absolute atomic E-state index is 5.60. The minimum atomic E-state index is 0.594. The lowest BCUT2D eigenvalue weighted by Gasteiger charge is -2.13. The second-order valence-electron chi connectivity index (χ2n) is 3.99. The van der Waals surface area contributed by atoms with Crippen LogP contribution in [0.5, 0.6) is 11.5 Å². The summed E-state index contributed by atoms with van der Waals surface area (Å²) in [6.07, 6.45) is 1.74. The predicted octanol–water partition coefficient (Wildman–Crippen LogP) is 4.39. The predicted molar refractivity (Wildman–Crippen MR) is 84.0 cm³/mol. The Bertz CT molecular complexity index is 576. The van der Waals surface area contributed by atoms with Gasteiger partial charge in [0.25, 0.3) is 0 Å². The number of nitrogens with one attached hydrogen (secondary N) is 1. The van der Waals surface area contributed by atoms with Crippen LogP contribution in [0.1, 0.15) is 13.8 Å². The molecule has 0 spiro atoms. The molecule has 1 N–H and O–H groups in total. The third-order valence-corrected chi connectivity index (χ3v) is 3.20. The van der Waals surface area contributed by atoms with Crippen LogP contribution in [0, 0.1) is 0 Å². The van der Waals surface area contributed by atoms with E-state index in [9.17, 15) is 0 Å². The lowest BCUT2D eigenvalue weighted by atomic mass is 10.2. The Morgan fingerprint density at radius 2 is 1.85 bits per heavy atom. The first-order valence-electron chi connectivity index (χ1n) is 6.51. The average molecular weight is 337 g/mol. The Morgan fingerprint density at radius 1 is 1.10 bits per heavy atom. The van der Waals surface area contributed by atoms with Crippen LogP contribution >= 0.6 is 15.9 Å². The Labute approximate surface area is 127 Å². The van der Waals surface area contributed by atoms with Crippen molar-refractivity contribution in [1.29, 1.82) is 0 Å². The fourth-order valence-electron chi connectivity index (χ4n) is 1.74. The van der Waals surface area contributed by atoms with E-state index in [1.165, 1.54) is 0 Å². The number of pyridine rings is 1. The summed E-state index contributed by atoms with van der Waals surface area (Å²) in [5, 5.41) is 3.25. The van der Waals surface area contributed by atoms with Crippen molar-refractivity contribution in [2.24, 2.45) is 0 Å². The highest BCUT2D eigenvalue weighted by Gasteiger charge is 2.07. The number of anilines is 2. The van der Waals surface area contributed by atoms with Crippen molar-refractivity contribution in [3.05, 3.63) is 41.0 Å². The molecule has 1 aromatic heterocycles. The zero-order chi connectivity index (χ0) is 14.4. The summed E-state index contributed by atoms with van der Waals surface area (Å²) in [7, 11) is 0. The molecule has 4 nitrogen and oxygen atoms in total. The Balaban J connectivity index is 2.24. The van der Waals surface area contributed by atoms with Gasteiger partial charge in [-0.2, -0.15) is 0 Å². The van der Waals surface area contributed by atoms with Crippen LogP contribution in [0.4, 0.5) is 11.5 Å². The van der Waals surface area contributed by atoms with Crippen LogP contribution in [-0.2, 0) is 0 Å². The van der Waals surface area contributed by atoms with Crippen molar-refractivity contribution in [3.8, 4) is 11.5 Å². The second-order valence-corrected chi connectivity index (χ2v) is 4.84. The fraction of sp³-hybridized carbons (Fsp3) is 0.267. The van der Waals surface area contributed by atoms with Crippen molar-refractivity contribution in [3.63, 3.8) is 0 Å². The van der Waals surface area contributed by atoms with Crippen LogP contribution in [-0.4, -0.2) is 18.2 Å². The molecule has 0 fully saturated rings. The van der Waals surface area contributed by atoms with Crippen molar-refractivity contribution in [1.82, 2.24) is 4.98 Å². The smallest absolute Gasteiger partial charge is 0.163 e. The molecule has 0 aliphatic carbocycles. The summed E-state index contributed by atoms with van der Waals surface area (Å²) < 4.78 is 12.1. The normalized spacial score (nSPS) is 10.2. The van der Waals surface area contributed by atoms with E-state index in [0.717, 1.165) is 27.5 Å². The molecule has 1 aromatic carbocycles. The van der Waals surface area contributed by atoms with Gasteiger partial charge in [0.05, 0.1) is 17.7 Å². The highest BCUT2D eigenvalue weighted by molar-refractivity contribution is 9.10. The number of ether oxygens (including phenoxy) is 2. The van der Waals surface area contributed by atoms with Crippen LogP contribution in [0.3, 0.4) is 0 Å². The summed E-state index contributed by atoms with van der Waals surface area (Å²) in [6, 6.07) is 9.56. The SMILES string of the molecule is CCOc1ccc(Nc2ncccc2Br)cc1OCC. The van der Waals surface area contributed by atoms with Crippen molar-refractivity contribution in [2.75, 3.05) is 18.5 Å². The van der Waals surface area contributed by atoms with Gasteiger partial charge in [-0.25, -0.2) is 4.98 Å². The fourth-order valence-corrected chi connectivity index (χ4v) is 2.10. The molecule has 0 saturated carbocycles. The quantitative estimate of drug-likeness (QED) is 0.849. The maximum Gasteiger partial charge on any atom is 0.163 e. The number of halogens is 1. The van der Waals surface area contributed by atoms with Crippen molar-refractivity contribution < 1.29 is 9.47 Å². The summed E-state index contributed by atoms with van der Waals surface area (Å²) >= 11 is 3.46. The van der Waals surface area contributed by atoms with E-state index >= 15 is 0 Å². The van der Waals surface area contributed by atoms with Gasteiger partial charge in [-0.1, -0.05) is 0 Å². The number of hydrogen-bond donors (Lipinski definition) is 1. The van der Waals surface area contributed by atoms with Gasteiger partial charge in [-0.15, -0.1) is 0 Å². The van der Waals surface area contributed by atoms with E-state index < -0.39 is 0 Å². The van der Waals surface area contributed by atoms with Crippen LogP contribution in [0.25, 0.3) is 0 Å². The van der Waals surface area contributed by atoms with Crippen molar-refractivity contribution >= 4 is 27.4 Å². The molecule has 0 aliphatic rings. The number of benzene rings is 1. The first kappa shape index (κ1) is 14.7. The van der Waals surface area contributed by atoms with Crippen molar-refractivity contribution in [2.45, 2.75) is 13.8 Å². The van der Waals surface area contributed by atoms with Gasteiger partial charge in [-0.05, 0) is 54.0 Å². The molecule has 0 saturated heterocycles. The third kappa shape index (κ3) is 3.63. The summed E-state index contributed by atoms with van der Waals surface area (Å²) in [4.78, 5) is 4.28. The van der Waals surface area contributed by atoms with Gasteiger partial charge in [0.1, 0.15) is 5.82 Å². The number of nitrogens with zero attached hydrogens (tertiary/aromatic N) is 1. The monoisotopic (exact) mass is 336 g/mol. The van der Waals surface area contributed by atoms with E-state index in [1.807, 2.05) is 44.2 Å². The highest BCUT2D eigenvalue weighted by atomic mass is 79.9. The van der Waals surface area contributed by atoms with Gasteiger partial charge >= 0.3 is 0 Å². The standard InChI is InChI=1S/C15H17BrN2O2/c1-3-19-13-8-7-11(10-14(13)20-4-2)18-15-12(16)6-5-9-17-15/h5-10H,3-4H2,1-2H3,(H,17,18).